The van der Waals surface area contributed by atoms with Gasteiger partial charge in [0.25, 0.3) is 5.91 Å². The van der Waals surface area contributed by atoms with Gasteiger partial charge in [-0.05, 0) is 48.2 Å². The number of benzene rings is 2. The highest BCUT2D eigenvalue weighted by atomic mass is 16.5. The number of hydrogen-bond donors (Lipinski definition) is 1. The van der Waals surface area contributed by atoms with Crippen molar-refractivity contribution in [2.24, 2.45) is 0 Å². The summed E-state index contributed by atoms with van der Waals surface area (Å²) in [7, 11) is 1.31. The zero-order chi connectivity index (χ0) is 18.2. The third-order valence-electron chi connectivity index (χ3n) is 4.00. The minimum absolute atomic E-state index is 0.106. The smallest absolute Gasteiger partial charge is 0.337 e. The van der Waals surface area contributed by atoms with Crippen LogP contribution in [0.15, 0.2) is 48.5 Å². The van der Waals surface area contributed by atoms with Crippen molar-refractivity contribution < 1.29 is 19.1 Å². The molecule has 0 saturated carbocycles. The van der Waals surface area contributed by atoms with Crippen LogP contribution in [0, 0.1) is 0 Å². The molecule has 0 radical (unpaired) electrons. The van der Waals surface area contributed by atoms with Crippen molar-refractivity contribution in [3.05, 3.63) is 59.7 Å². The van der Waals surface area contributed by atoms with Crippen LogP contribution in [-0.4, -0.2) is 25.6 Å². The maximum absolute atomic E-state index is 12.0. The molecule has 0 unspecified atom stereocenters. The Kier molecular flexibility index (Phi) is 6.57. The normalized spacial score (nSPS) is 11.5. The Hall–Kier alpha value is -2.82. The molecule has 5 nitrogen and oxygen atoms in total. The molecule has 1 atom stereocenters. The average molecular weight is 341 g/mol. The van der Waals surface area contributed by atoms with Gasteiger partial charge in [-0.3, -0.25) is 4.79 Å². The number of anilines is 1. The lowest BCUT2D eigenvalue weighted by Gasteiger charge is -2.11. The summed E-state index contributed by atoms with van der Waals surface area (Å²) in [5.41, 5.74) is 2.14. The first-order chi connectivity index (χ1) is 12.0. The molecule has 2 aromatic carbocycles. The topological polar surface area (TPSA) is 64.6 Å². The van der Waals surface area contributed by atoms with Crippen molar-refractivity contribution in [1.82, 2.24) is 0 Å². The Morgan fingerprint density at radius 3 is 2.48 bits per heavy atom. The molecule has 5 heteroatoms. The van der Waals surface area contributed by atoms with E-state index in [1.54, 1.807) is 24.3 Å². The van der Waals surface area contributed by atoms with Crippen LogP contribution in [0.1, 0.15) is 42.1 Å². The van der Waals surface area contributed by atoms with Crippen LogP contribution < -0.4 is 10.1 Å². The first-order valence-electron chi connectivity index (χ1n) is 8.24. The van der Waals surface area contributed by atoms with E-state index in [-0.39, 0.29) is 12.5 Å². The maximum Gasteiger partial charge on any atom is 0.337 e. The highest BCUT2D eigenvalue weighted by molar-refractivity contribution is 5.95. The molecule has 1 N–H and O–H groups in total. The van der Waals surface area contributed by atoms with Crippen LogP contribution in [0.3, 0.4) is 0 Å². The molecule has 1 amide bonds. The molecule has 0 saturated heterocycles. The zero-order valence-electron chi connectivity index (χ0n) is 14.7. The number of nitrogens with one attached hydrogen (secondary N) is 1. The first kappa shape index (κ1) is 18.5. The number of carbonyl (C=O) groups is 2. The Balaban J connectivity index is 1.89. The molecule has 132 valence electrons. The fraction of sp³-hybridized carbons (Fsp3) is 0.300. The fourth-order valence-corrected chi connectivity index (χ4v) is 2.32. The number of esters is 1. The lowest BCUT2D eigenvalue weighted by molar-refractivity contribution is -0.118. The number of ether oxygens (including phenoxy) is 2. The van der Waals surface area contributed by atoms with E-state index >= 15 is 0 Å². The summed E-state index contributed by atoms with van der Waals surface area (Å²) in [5.74, 6) is 0.395. The molecule has 2 aromatic rings. The Morgan fingerprint density at radius 1 is 1.12 bits per heavy atom. The Bertz CT molecular complexity index is 725. The predicted octanol–water partition coefficient (Wildman–Crippen LogP) is 4.00. The number of amides is 1. The molecular formula is C20H23NO4. The fourth-order valence-electron chi connectivity index (χ4n) is 2.32. The second kappa shape index (κ2) is 8.87. The van der Waals surface area contributed by atoms with Crippen LogP contribution in [0.5, 0.6) is 5.75 Å². The highest BCUT2D eigenvalue weighted by Crippen LogP contribution is 2.21. The van der Waals surface area contributed by atoms with E-state index in [2.05, 4.69) is 23.9 Å². The van der Waals surface area contributed by atoms with E-state index in [0.29, 0.717) is 22.9 Å². The zero-order valence-corrected chi connectivity index (χ0v) is 14.7. The summed E-state index contributed by atoms with van der Waals surface area (Å²) in [6.45, 7) is 4.21. The van der Waals surface area contributed by atoms with Crippen LogP contribution in [0.25, 0.3) is 0 Å². The first-order valence-corrected chi connectivity index (χ1v) is 8.24. The third-order valence-corrected chi connectivity index (χ3v) is 4.00. The van der Waals surface area contributed by atoms with Crippen molar-refractivity contribution in [3.8, 4) is 5.75 Å². The number of rotatable bonds is 7. The Morgan fingerprint density at radius 2 is 1.84 bits per heavy atom. The minimum atomic E-state index is -0.450. The molecule has 0 aliphatic heterocycles. The molecule has 0 aliphatic carbocycles. The standard InChI is InChI=1S/C20H23NO4/c1-4-14(2)15-8-10-18(11-9-15)25-13-19(22)21-17-7-5-6-16(12-17)20(23)24-3/h5-12,14H,4,13H2,1-3H3,(H,21,22)/t14-/m1/s1. The quantitative estimate of drug-likeness (QED) is 0.773. The molecule has 25 heavy (non-hydrogen) atoms. The number of carbonyl (C=O) groups excluding carboxylic acids is 2. The second-order valence-corrected chi connectivity index (χ2v) is 5.79. The molecule has 0 heterocycles. The largest absolute Gasteiger partial charge is 0.484 e. The lowest BCUT2D eigenvalue weighted by Crippen LogP contribution is -2.20. The summed E-state index contributed by atoms with van der Waals surface area (Å²) in [5, 5.41) is 2.70. The summed E-state index contributed by atoms with van der Waals surface area (Å²) in [6.07, 6.45) is 1.08. The second-order valence-electron chi connectivity index (χ2n) is 5.79. The molecule has 0 bridgehead atoms. The lowest BCUT2D eigenvalue weighted by atomic mass is 9.99. The van der Waals surface area contributed by atoms with Crippen molar-refractivity contribution in [1.29, 1.82) is 0 Å². The van der Waals surface area contributed by atoms with Gasteiger partial charge in [-0.25, -0.2) is 4.79 Å². The SMILES string of the molecule is CC[C@@H](C)c1ccc(OCC(=O)Nc2cccc(C(=O)OC)c2)cc1. The summed E-state index contributed by atoms with van der Waals surface area (Å²) >= 11 is 0. The van der Waals surface area contributed by atoms with Gasteiger partial charge in [0.1, 0.15) is 5.75 Å². The summed E-state index contributed by atoms with van der Waals surface area (Å²) in [4.78, 5) is 23.5. The van der Waals surface area contributed by atoms with Crippen LogP contribution in [0.2, 0.25) is 0 Å². The van der Waals surface area contributed by atoms with Crippen molar-refractivity contribution in [2.45, 2.75) is 26.2 Å². The van der Waals surface area contributed by atoms with Crippen LogP contribution >= 0.6 is 0 Å². The van der Waals surface area contributed by atoms with E-state index in [1.165, 1.54) is 12.7 Å². The van der Waals surface area contributed by atoms with Gasteiger partial charge in [0, 0.05) is 5.69 Å². The van der Waals surface area contributed by atoms with E-state index in [9.17, 15) is 9.59 Å². The van der Waals surface area contributed by atoms with Crippen molar-refractivity contribution in [2.75, 3.05) is 19.0 Å². The monoisotopic (exact) mass is 341 g/mol. The van der Waals surface area contributed by atoms with Gasteiger partial charge in [0.05, 0.1) is 12.7 Å². The third kappa shape index (κ3) is 5.35. The van der Waals surface area contributed by atoms with E-state index in [4.69, 9.17) is 4.74 Å². The maximum atomic E-state index is 12.0. The highest BCUT2D eigenvalue weighted by Gasteiger charge is 2.09. The minimum Gasteiger partial charge on any atom is -0.484 e. The molecule has 0 aliphatic rings. The Labute approximate surface area is 148 Å². The van der Waals surface area contributed by atoms with Gasteiger partial charge in [-0.1, -0.05) is 32.0 Å². The van der Waals surface area contributed by atoms with E-state index in [0.717, 1.165) is 6.42 Å². The molecule has 0 aromatic heterocycles. The summed E-state index contributed by atoms with van der Waals surface area (Å²) in [6, 6.07) is 14.3. The van der Waals surface area contributed by atoms with E-state index < -0.39 is 5.97 Å². The summed E-state index contributed by atoms with van der Waals surface area (Å²) < 4.78 is 10.2. The van der Waals surface area contributed by atoms with E-state index in [1.807, 2.05) is 24.3 Å². The van der Waals surface area contributed by atoms with Gasteiger partial charge >= 0.3 is 5.97 Å². The van der Waals surface area contributed by atoms with Crippen molar-refractivity contribution in [3.63, 3.8) is 0 Å². The van der Waals surface area contributed by atoms with Gasteiger partial charge < -0.3 is 14.8 Å². The van der Waals surface area contributed by atoms with Gasteiger partial charge in [-0.2, -0.15) is 0 Å². The van der Waals surface area contributed by atoms with Crippen molar-refractivity contribution >= 4 is 17.6 Å². The number of hydrogen-bond acceptors (Lipinski definition) is 4. The van der Waals surface area contributed by atoms with Gasteiger partial charge in [0.15, 0.2) is 6.61 Å². The molecule has 0 fully saturated rings. The average Bonchev–Trinajstić information content (AvgIpc) is 2.65. The van der Waals surface area contributed by atoms with Crippen LogP contribution in [0.4, 0.5) is 5.69 Å². The van der Waals surface area contributed by atoms with Gasteiger partial charge in [-0.15, -0.1) is 0 Å². The molecule has 2 rings (SSSR count). The predicted molar refractivity (Wildman–Crippen MR) is 97.1 cm³/mol. The number of methoxy groups -OCH3 is 1. The molecular weight excluding hydrogens is 318 g/mol. The van der Waals surface area contributed by atoms with Crippen LogP contribution in [-0.2, 0) is 9.53 Å². The molecule has 0 spiro atoms. The van der Waals surface area contributed by atoms with Gasteiger partial charge in [0.2, 0.25) is 0 Å².